The maximum atomic E-state index is 12.5. The third kappa shape index (κ3) is 5.41. The van der Waals surface area contributed by atoms with E-state index in [1.54, 1.807) is 12.1 Å². The molecule has 0 aromatic heterocycles. The summed E-state index contributed by atoms with van der Waals surface area (Å²) in [5.41, 5.74) is 2.81. The number of hydrogen-bond acceptors (Lipinski definition) is 7. The van der Waals surface area contributed by atoms with E-state index in [1.807, 2.05) is 0 Å². The maximum Gasteiger partial charge on any atom is 0.255 e. The monoisotopic (exact) mass is 455 g/mol. The largest absolute Gasteiger partial charge is 0.493 e. The smallest absolute Gasteiger partial charge is 0.255 e. The molecule has 0 aliphatic heterocycles. The van der Waals surface area contributed by atoms with Gasteiger partial charge in [0.25, 0.3) is 5.91 Å². The second-order valence-corrected chi connectivity index (χ2v) is 8.41. The number of methoxy groups -OCH3 is 3. The second kappa shape index (κ2) is 10.3. The molecule has 0 atom stereocenters. The number of carbonyl (C=O) groups excluding carboxylic acids is 1. The van der Waals surface area contributed by atoms with Crippen LogP contribution in [-0.2, 0) is 14.8 Å². The molecule has 1 N–H and O–H groups in total. The van der Waals surface area contributed by atoms with Crippen molar-refractivity contribution >= 4 is 33.7 Å². The van der Waals surface area contributed by atoms with E-state index in [-0.39, 0.29) is 4.90 Å². The van der Waals surface area contributed by atoms with Crippen molar-refractivity contribution in [2.24, 2.45) is 5.10 Å². The van der Waals surface area contributed by atoms with Crippen molar-refractivity contribution in [3.63, 3.8) is 0 Å². The van der Waals surface area contributed by atoms with Gasteiger partial charge in [-0.25, -0.2) is 13.8 Å². The van der Waals surface area contributed by atoms with Crippen LogP contribution in [0.3, 0.4) is 0 Å². The first kappa shape index (κ1) is 23.5. The molecule has 1 amide bonds. The number of rotatable bonds is 9. The Bertz CT molecular complexity index is 1030. The maximum absolute atomic E-state index is 12.5. The summed E-state index contributed by atoms with van der Waals surface area (Å²) in [5.74, 6) is 0.608. The van der Waals surface area contributed by atoms with E-state index in [0.717, 1.165) is 4.31 Å². The molecule has 0 radical (unpaired) electrons. The van der Waals surface area contributed by atoms with Crippen LogP contribution in [0.5, 0.6) is 17.2 Å². The summed E-state index contributed by atoms with van der Waals surface area (Å²) in [6, 6.07) is 9.00. The zero-order valence-corrected chi connectivity index (χ0v) is 18.5. The van der Waals surface area contributed by atoms with Gasteiger partial charge in [0, 0.05) is 17.6 Å². The van der Waals surface area contributed by atoms with Crippen LogP contribution in [0.1, 0.15) is 5.56 Å². The molecule has 0 saturated heterocycles. The Hall–Kier alpha value is -2.82. The van der Waals surface area contributed by atoms with Crippen molar-refractivity contribution < 1.29 is 27.4 Å². The van der Waals surface area contributed by atoms with Crippen molar-refractivity contribution in [1.82, 2.24) is 9.73 Å². The van der Waals surface area contributed by atoms with E-state index in [4.69, 9.17) is 25.8 Å². The highest BCUT2D eigenvalue weighted by molar-refractivity contribution is 7.89. The summed E-state index contributed by atoms with van der Waals surface area (Å²) >= 11 is 5.78. The molecule has 2 aromatic carbocycles. The van der Waals surface area contributed by atoms with E-state index in [0.29, 0.717) is 27.8 Å². The number of ether oxygens (including phenoxy) is 3. The SMILES string of the molecule is COc1ccc(/C=N\NC(=O)CN(C)S(=O)(=O)c2ccc(Cl)cc2)c(OC)c1OC. The Balaban J connectivity index is 2.07. The molecule has 0 heterocycles. The number of amides is 1. The first-order valence-electron chi connectivity index (χ1n) is 8.57. The van der Waals surface area contributed by atoms with Gasteiger partial charge in [-0.05, 0) is 36.4 Å². The van der Waals surface area contributed by atoms with Crippen LogP contribution in [0.15, 0.2) is 46.4 Å². The Morgan fingerprint density at radius 3 is 2.27 bits per heavy atom. The number of carbonyl (C=O) groups is 1. The first-order valence-corrected chi connectivity index (χ1v) is 10.4. The summed E-state index contributed by atoms with van der Waals surface area (Å²) < 4.78 is 41.8. The lowest BCUT2D eigenvalue weighted by Crippen LogP contribution is -2.36. The molecule has 9 nitrogen and oxygen atoms in total. The quantitative estimate of drug-likeness (QED) is 0.458. The number of nitrogens with one attached hydrogen (secondary N) is 1. The van der Waals surface area contributed by atoms with E-state index < -0.39 is 22.5 Å². The Morgan fingerprint density at radius 1 is 1.07 bits per heavy atom. The first-order chi connectivity index (χ1) is 14.2. The van der Waals surface area contributed by atoms with Crippen molar-refractivity contribution in [3.8, 4) is 17.2 Å². The molecule has 0 fully saturated rings. The van der Waals surface area contributed by atoms with Gasteiger partial charge in [0.2, 0.25) is 15.8 Å². The highest BCUT2D eigenvalue weighted by atomic mass is 35.5. The topological polar surface area (TPSA) is 107 Å². The van der Waals surface area contributed by atoms with Crippen molar-refractivity contribution in [2.75, 3.05) is 34.9 Å². The normalized spacial score (nSPS) is 11.5. The molecule has 0 bridgehead atoms. The van der Waals surface area contributed by atoms with Gasteiger partial charge in [-0.1, -0.05) is 11.6 Å². The van der Waals surface area contributed by atoms with Crippen molar-refractivity contribution in [1.29, 1.82) is 0 Å². The minimum absolute atomic E-state index is 0.0285. The number of sulfonamides is 1. The predicted octanol–water partition coefficient (Wildman–Crippen LogP) is 2.14. The van der Waals surface area contributed by atoms with Crippen LogP contribution in [-0.4, -0.2) is 59.8 Å². The van der Waals surface area contributed by atoms with Crippen LogP contribution in [0.25, 0.3) is 0 Å². The van der Waals surface area contributed by atoms with E-state index in [2.05, 4.69) is 10.5 Å². The van der Waals surface area contributed by atoms with Gasteiger partial charge >= 0.3 is 0 Å². The molecule has 0 aliphatic rings. The molecule has 162 valence electrons. The fourth-order valence-corrected chi connectivity index (χ4v) is 3.76. The van der Waals surface area contributed by atoms with Crippen LogP contribution in [0, 0.1) is 0 Å². The predicted molar refractivity (Wildman–Crippen MR) is 113 cm³/mol. The lowest BCUT2D eigenvalue weighted by molar-refractivity contribution is -0.121. The second-order valence-electron chi connectivity index (χ2n) is 5.93. The molecular formula is C19H22ClN3O6S. The zero-order valence-electron chi connectivity index (χ0n) is 16.9. The minimum atomic E-state index is -3.84. The fourth-order valence-electron chi connectivity index (χ4n) is 2.51. The lowest BCUT2D eigenvalue weighted by Gasteiger charge is -2.16. The molecule has 11 heteroatoms. The van der Waals surface area contributed by atoms with E-state index >= 15 is 0 Å². The summed E-state index contributed by atoms with van der Waals surface area (Å²) in [4.78, 5) is 12.2. The number of halogens is 1. The van der Waals surface area contributed by atoms with Crippen LogP contribution < -0.4 is 19.6 Å². The zero-order chi connectivity index (χ0) is 22.3. The van der Waals surface area contributed by atoms with Gasteiger partial charge in [0.15, 0.2) is 11.5 Å². The fraction of sp³-hybridized carbons (Fsp3) is 0.263. The summed E-state index contributed by atoms with van der Waals surface area (Å²) in [7, 11) is 1.89. The Kier molecular flexibility index (Phi) is 8.04. The van der Waals surface area contributed by atoms with Gasteiger partial charge in [0.1, 0.15) is 0 Å². The number of nitrogens with zero attached hydrogens (tertiary/aromatic N) is 2. The third-order valence-corrected chi connectivity index (χ3v) is 6.09. The Labute approximate surface area is 180 Å². The number of hydrazone groups is 1. The van der Waals surface area contributed by atoms with Crippen molar-refractivity contribution in [2.45, 2.75) is 4.90 Å². The highest BCUT2D eigenvalue weighted by Gasteiger charge is 2.22. The molecule has 0 aliphatic carbocycles. The third-order valence-electron chi connectivity index (χ3n) is 4.02. The van der Waals surface area contributed by atoms with Crippen LogP contribution >= 0.6 is 11.6 Å². The molecule has 2 rings (SSSR count). The summed E-state index contributed by atoms with van der Waals surface area (Å²) in [6.07, 6.45) is 1.35. The molecule has 2 aromatic rings. The molecule has 0 spiro atoms. The van der Waals surface area contributed by atoms with Gasteiger partial charge in [-0.15, -0.1) is 0 Å². The van der Waals surface area contributed by atoms with Crippen LogP contribution in [0.4, 0.5) is 0 Å². The standard InChI is InChI=1S/C19H22ClN3O6S/c1-23(30(25,26)15-8-6-14(20)7-9-15)12-17(24)22-21-11-13-5-10-16(27-2)19(29-4)18(13)28-3/h5-11H,12H2,1-4H3,(H,22,24)/b21-11-. The van der Waals surface area contributed by atoms with Crippen LogP contribution in [0.2, 0.25) is 5.02 Å². The average Bonchev–Trinajstić information content (AvgIpc) is 2.73. The minimum Gasteiger partial charge on any atom is -0.493 e. The Morgan fingerprint density at radius 2 is 1.70 bits per heavy atom. The summed E-state index contributed by atoms with van der Waals surface area (Å²) in [6.45, 7) is -0.425. The van der Waals surface area contributed by atoms with Gasteiger partial charge in [-0.2, -0.15) is 9.41 Å². The molecular weight excluding hydrogens is 434 g/mol. The number of likely N-dealkylation sites (N-methyl/N-ethyl adjacent to an activating group) is 1. The van der Waals surface area contributed by atoms with E-state index in [9.17, 15) is 13.2 Å². The number of hydrogen-bond donors (Lipinski definition) is 1. The molecule has 0 saturated carbocycles. The summed E-state index contributed by atoms with van der Waals surface area (Å²) in [5, 5.41) is 4.27. The van der Waals surface area contributed by atoms with E-state index in [1.165, 1.54) is 58.9 Å². The molecule has 0 unspecified atom stereocenters. The average molecular weight is 456 g/mol. The van der Waals surface area contributed by atoms with Gasteiger partial charge in [0.05, 0.1) is 39.0 Å². The van der Waals surface area contributed by atoms with Gasteiger partial charge < -0.3 is 14.2 Å². The van der Waals surface area contributed by atoms with Gasteiger partial charge in [-0.3, -0.25) is 4.79 Å². The number of benzene rings is 2. The highest BCUT2D eigenvalue weighted by Crippen LogP contribution is 2.38. The lowest BCUT2D eigenvalue weighted by atomic mass is 10.2. The van der Waals surface area contributed by atoms with Crippen molar-refractivity contribution in [3.05, 3.63) is 47.0 Å². The molecule has 30 heavy (non-hydrogen) atoms.